The van der Waals surface area contributed by atoms with E-state index in [1.165, 1.54) is 5.56 Å². The summed E-state index contributed by atoms with van der Waals surface area (Å²) >= 11 is 0. The Bertz CT molecular complexity index is 720. The number of ether oxygens (including phenoxy) is 1. The van der Waals surface area contributed by atoms with Gasteiger partial charge in [0, 0.05) is 25.0 Å². The van der Waals surface area contributed by atoms with Crippen molar-refractivity contribution in [2.24, 2.45) is 5.73 Å². The van der Waals surface area contributed by atoms with E-state index in [9.17, 15) is 4.79 Å². The Kier molecular flexibility index (Phi) is 6.26. The molecule has 1 aliphatic rings. The van der Waals surface area contributed by atoms with Crippen molar-refractivity contribution in [1.82, 2.24) is 10.2 Å². The number of nitrogens with two attached hydrogens (primary N) is 1. The lowest BCUT2D eigenvalue weighted by Gasteiger charge is -2.16. The number of likely N-dealkylation sites (tertiary alicyclic amines) is 1. The summed E-state index contributed by atoms with van der Waals surface area (Å²) in [6.45, 7) is 4.92. The second kappa shape index (κ2) is 8.83. The molecule has 0 saturated carbocycles. The number of carbonyl (C=O) groups excluding carboxylic acids is 1. The van der Waals surface area contributed by atoms with E-state index >= 15 is 0 Å². The smallest absolute Gasteiger partial charge is 0.234 e. The zero-order valence-corrected chi connectivity index (χ0v) is 15.2. The van der Waals surface area contributed by atoms with Gasteiger partial charge in [0.1, 0.15) is 12.4 Å². The van der Waals surface area contributed by atoms with E-state index in [-0.39, 0.29) is 17.9 Å². The molecule has 1 saturated heterocycles. The zero-order chi connectivity index (χ0) is 18.4. The van der Waals surface area contributed by atoms with Crippen molar-refractivity contribution < 1.29 is 9.53 Å². The average molecular weight is 353 g/mol. The lowest BCUT2D eigenvalue weighted by atomic mass is 9.95. The largest absolute Gasteiger partial charge is 0.492 e. The predicted octanol–water partition coefficient (Wildman–Crippen LogP) is 1.92. The third-order valence-corrected chi connectivity index (χ3v) is 4.72. The molecule has 5 nitrogen and oxygen atoms in total. The minimum Gasteiger partial charge on any atom is -0.492 e. The van der Waals surface area contributed by atoms with E-state index in [1.807, 2.05) is 49.4 Å². The van der Waals surface area contributed by atoms with Gasteiger partial charge in [-0.15, -0.1) is 0 Å². The fourth-order valence-corrected chi connectivity index (χ4v) is 3.42. The molecule has 138 valence electrons. The normalized spacial score (nSPS) is 20.1. The summed E-state index contributed by atoms with van der Waals surface area (Å²) in [4.78, 5) is 14.3. The Balaban J connectivity index is 1.38. The maximum atomic E-state index is 12.2. The van der Waals surface area contributed by atoms with Crippen molar-refractivity contribution in [3.8, 4) is 5.75 Å². The van der Waals surface area contributed by atoms with Crippen LogP contribution in [0, 0.1) is 6.92 Å². The molecule has 0 bridgehead atoms. The molecule has 26 heavy (non-hydrogen) atoms. The maximum Gasteiger partial charge on any atom is 0.234 e. The Morgan fingerprint density at radius 2 is 2.00 bits per heavy atom. The first kappa shape index (κ1) is 18.4. The molecule has 3 rings (SSSR count). The van der Waals surface area contributed by atoms with Gasteiger partial charge in [0.2, 0.25) is 5.91 Å². The second-order valence-corrected chi connectivity index (χ2v) is 6.89. The van der Waals surface area contributed by atoms with Crippen molar-refractivity contribution in [2.45, 2.75) is 18.9 Å². The first-order valence-electron chi connectivity index (χ1n) is 9.11. The van der Waals surface area contributed by atoms with Crippen molar-refractivity contribution in [1.29, 1.82) is 0 Å². The number of carbonyl (C=O) groups is 1. The molecule has 1 fully saturated rings. The van der Waals surface area contributed by atoms with Crippen molar-refractivity contribution in [3.05, 3.63) is 65.7 Å². The average Bonchev–Trinajstić information content (AvgIpc) is 3.00. The number of amides is 1. The fraction of sp³-hybridized carbons (Fsp3) is 0.381. The van der Waals surface area contributed by atoms with Gasteiger partial charge in [-0.3, -0.25) is 9.69 Å². The highest BCUT2D eigenvalue weighted by molar-refractivity contribution is 5.78. The van der Waals surface area contributed by atoms with Gasteiger partial charge in [0.25, 0.3) is 0 Å². The lowest BCUT2D eigenvalue weighted by molar-refractivity contribution is -0.122. The van der Waals surface area contributed by atoms with Crippen LogP contribution in [0.15, 0.2) is 54.6 Å². The van der Waals surface area contributed by atoms with E-state index in [2.05, 4.69) is 22.3 Å². The Labute approximate surface area is 155 Å². The molecule has 0 aliphatic carbocycles. The minimum absolute atomic E-state index is 0.0127. The van der Waals surface area contributed by atoms with Crippen LogP contribution in [0.5, 0.6) is 5.75 Å². The topological polar surface area (TPSA) is 67.6 Å². The molecule has 0 radical (unpaired) electrons. The number of hydrogen-bond acceptors (Lipinski definition) is 4. The van der Waals surface area contributed by atoms with Gasteiger partial charge in [-0.2, -0.15) is 0 Å². The van der Waals surface area contributed by atoms with Crippen molar-refractivity contribution >= 4 is 5.91 Å². The first-order valence-corrected chi connectivity index (χ1v) is 9.11. The molecule has 2 aromatic rings. The number of aryl methyl sites for hydroxylation is 1. The molecule has 2 atom stereocenters. The number of nitrogens with zero attached hydrogens (tertiary/aromatic N) is 1. The number of rotatable bonds is 7. The van der Waals surface area contributed by atoms with Gasteiger partial charge in [-0.25, -0.2) is 0 Å². The highest BCUT2D eigenvalue weighted by Crippen LogP contribution is 2.25. The SMILES string of the molecule is Cc1cccc(OCCNC(=O)CN2C[C@@H](N)[C@H](c3ccccc3)C2)c1. The maximum absolute atomic E-state index is 12.2. The van der Waals surface area contributed by atoms with Gasteiger partial charge >= 0.3 is 0 Å². The molecule has 1 amide bonds. The van der Waals surface area contributed by atoms with E-state index in [0.29, 0.717) is 19.7 Å². The van der Waals surface area contributed by atoms with Crippen LogP contribution in [0.4, 0.5) is 0 Å². The molecule has 1 heterocycles. The van der Waals surface area contributed by atoms with E-state index in [1.54, 1.807) is 0 Å². The lowest BCUT2D eigenvalue weighted by Crippen LogP contribution is -2.38. The van der Waals surface area contributed by atoms with Gasteiger partial charge in [-0.05, 0) is 30.2 Å². The van der Waals surface area contributed by atoms with Crippen LogP contribution >= 0.6 is 0 Å². The molecule has 1 aliphatic heterocycles. The summed E-state index contributed by atoms with van der Waals surface area (Å²) in [6.07, 6.45) is 0. The summed E-state index contributed by atoms with van der Waals surface area (Å²) in [6, 6.07) is 18.2. The standard InChI is InChI=1S/C21H27N3O2/c1-16-6-5-9-18(12-16)26-11-10-23-21(25)15-24-13-19(20(22)14-24)17-7-3-2-4-8-17/h2-9,12,19-20H,10-11,13-15,22H2,1H3,(H,23,25)/t19-,20+/m0/s1. The zero-order valence-electron chi connectivity index (χ0n) is 15.2. The Morgan fingerprint density at radius 1 is 1.19 bits per heavy atom. The van der Waals surface area contributed by atoms with E-state index in [0.717, 1.165) is 24.4 Å². The molecule has 0 aromatic heterocycles. The highest BCUT2D eigenvalue weighted by Gasteiger charge is 2.31. The predicted molar refractivity (Wildman–Crippen MR) is 103 cm³/mol. The fourth-order valence-electron chi connectivity index (χ4n) is 3.42. The summed E-state index contributed by atoms with van der Waals surface area (Å²) in [7, 11) is 0. The first-order chi connectivity index (χ1) is 12.6. The van der Waals surface area contributed by atoms with E-state index < -0.39 is 0 Å². The quantitative estimate of drug-likeness (QED) is 0.746. The Hall–Kier alpha value is -2.37. The molecule has 0 spiro atoms. The van der Waals surface area contributed by atoms with Crippen molar-refractivity contribution in [3.63, 3.8) is 0 Å². The van der Waals surface area contributed by atoms with Gasteiger partial charge in [0.15, 0.2) is 0 Å². The summed E-state index contributed by atoms with van der Waals surface area (Å²) in [5, 5.41) is 2.92. The summed E-state index contributed by atoms with van der Waals surface area (Å²) in [5.41, 5.74) is 8.68. The molecule has 0 unspecified atom stereocenters. The van der Waals surface area contributed by atoms with Crippen LogP contribution in [-0.2, 0) is 4.79 Å². The number of benzene rings is 2. The highest BCUT2D eigenvalue weighted by atomic mass is 16.5. The Morgan fingerprint density at radius 3 is 2.77 bits per heavy atom. The minimum atomic E-state index is 0.0127. The van der Waals surface area contributed by atoms with Crippen LogP contribution in [0.2, 0.25) is 0 Å². The molecule has 5 heteroatoms. The summed E-state index contributed by atoms with van der Waals surface area (Å²) in [5.74, 6) is 1.13. The second-order valence-electron chi connectivity index (χ2n) is 6.89. The van der Waals surface area contributed by atoms with E-state index in [4.69, 9.17) is 10.5 Å². The van der Waals surface area contributed by atoms with Crippen LogP contribution < -0.4 is 15.8 Å². The van der Waals surface area contributed by atoms with Crippen LogP contribution in [-0.4, -0.2) is 49.6 Å². The molecule has 2 aromatic carbocycles. The third-order valence-electron chi connectivity index (χ3n) is 4.72. The van der Waals surface area contributed by atoms with Crippen molar-refractivity contribution in [2.75, 3.05) is 32.8 Å². The summed E-state index contributed by atoms with van der Waals surface area (Å²) < 4.78 is 5.65. The monoisotopic (exact) mass is 353 g/mol. The van der Waals surface area contributed by atoms with Gasteiger partial charge < -0.3 is 15.8 Å². The molecular weight excluding hydrogens is 326 g/mol. The number of nitrogens with one attached hydrogen (secondary N) is 1. The number of hydrogen-bond donors (Lipinski definition) is 2. The van der Waals surface area contributed by atoms with Crippen LogP contribution in [0.25, 0.3) is 0 Å². The van der Waals surface area contributed by atoms with Gasteiger partial charge in [-0.1, -0.05) is 42.5 Å². The molecular formula is C21H27N3O2. The third kappa shape index (κ3) is 5.07. The molecule has 3 N–H and O–H groups in total. The van der Waals surface area contributed by atoms with Crippen LogP contribution in [0.3, 0.4) is 0 Å². The van der Waals surface area contributed by atoms with Crippen LogP contribution in [0.1, 0.15) is 17.0 Å². The van der Waals surface area contributed by atoms with Gasteiger partial charge in [0.05, 0.1) is 13.1 Å².